The maximum absolute atomic E-state index is 11.6. The predicted molar refractivity (Wildman–Crippen MR) is 79.3 cm³/mol. The minimum atomic E-state index is -0.840. The zero-order valence-corrected chi connectivity index (χ0v) is 12.1. The molecule has 1 aromatic carbocycles. The molecular weight excluding hydrogens is 266 g/mol. The van der Waals surface area contributed by atoms with Crippen LogP contribution in [0, 0.1) is 13.8 Å². The van der Waals surface area contributed by atoms with Crippen LogP contribution in [0.4, 0.5) is 5.95 Å². The quantitative estimate of drug-likeness (QED) is 0.914. The first-order chi connectivity index (χ1) is 10.0. The Hall–Kier alpha value is -2.43. The summed E-state index contributed by atoms with van der Waals surface area (Å²) >= 11 is 0. The summed E-state index contributed by atoms with van der Waals surface area (Å²) in [5, 5.41) is 9.54. The average Bonchev–Trinajstić information content (AvgIpc) is 2.44. The number of nitrogens with zero attached hydrogens (tertiary/aromatic N) is 3. The van der Waals surface area contributed by atoms with Gasteiger partial charge in [-0.2, -0.15) is 0 Å². The van der Waals surface area contributed by atoms with Crippen LogP contribution in [0.3, 0.4) is 0 Å². The van der Waals surface area contributed by atoms with Crippen LogP contribution in [-0.2, 0) is 17.8 Å². The molecular formula is C16H17N3O2. The Bertz CT molecular complexity index is 679. The van der Waals surface area contributed by atoms with E-state index in [2.05, 4.69) is 9.97 Å². The van der Waals surface area contributed by atoms with Crippen molar-refractivity contribution >= 4 is 11.9 Å². The van der Waals surface area contributed by atoms with E-state index in [1.807, 2.05) is 44.2 Å². The molecule has 1 N–H and O–H groups in total. The van der Waals surface area contributed by atoms with Crippen molar-refractivity contribution in [1.82, 2.24) is 9.97 Å². The number of carboxylic acids is 1. The number of carbonyl (C=O) groups is 1. The molecule has 21 heavy (non-hydrogen) atoms. The van der Waals surface area contributed by atoms with Gasteiger partial charge in [0.2, 0.25) is 5.95 Å². The van der Waals surface area contributed by atoms with Crippen molar-refractivity contribution < 1.29 is 9.90 Å². The Kier molecular flexibility index (Phi) is 3.33. The van der Waals surface area contributed by atoms with Crippen molar-refractivity contribution in [3.63, 3.8) is 0 Å². The minimum absolute atomic E-state index is 0.474. The molecule has 1 aliphatic rings. The Morgan fingerprint density at radius 2 is 1.81 bits per heavy atom. The summed E-state index contributed by atoms with van der Waals surface area (Å²) in [6, 6.07) is 9.20. The monoisotopic (exact) mass is 283 g/mol. The Balaban J connectivity index is 2.05. The highest BCUT2D eigenvalue weighted by molar-refractivity contribution is 5.78. The van der Waals surface area contributed by atoms with Crippen LogP contribution < -0.4 is 4.90 Å². The van der Waals surface area contributed by atoms with Crippen LogP contribution in [0.2, 0.25) is 0 Å². The van der Waals surface area contributed by atoms with E-state index in [-0.39, 0.29) is 0 Å². The van der Waals surface area contributed by atoms with Crippen molar-refractivity contribution in [3.05, 3.63) is 52.8 Å². The number of hydrogen-bond acceptors (Lipinski definition) is 4. The molecule has 1 unspecified atom stereocenters. The van der Waals surface area contributed by atoms with Crippen LogP contribution in [-0.4, -0.2) is 27.1 Å². The first-order valence-corrected chi connectivity index (χ1v) is 6.93. The van der Waals surface area contributed by atoms with Crippen molar-refractivity contribution in [2.24, 2.45) is 0 Å². The van der Waals surface area contributed by atoms with E-state index < -0.39 is 12.0 Å². The lowest BCUT2D eigenvalue weighted by Crippen LogP contribution is -2.46. The van der Waals surface area contributed by atoms with E-state index in [1.165, 1.54) is 0 Å². The van der Waals surface area contributed by atoms with Crippen molar-refractivity contribution in [1.29, 1.82) is 0 Å². The SMILES string of the molecule is Cc1cc(C)nc(N2Cc3ccccc3CC2C(=O)O)n1. The van der Waals surface area contributed by atoms with Crippen LogP contribution in [0.1, 0.15) is 22.5 Å². The summed E-state index contributed by atoms with van der Waals surface area (Å²) in [5.41, 5.74) is 3.92. The normalized spacial score (nSPS) is 17.4. The van der Waals surface area contributed by atoms with E-state index in [0.29, 0.717) is 18.9 Å². The Morgan fingerprint density at radius 3 is 2.43 bits per heavy atom. The molecule has 0 fully saturated rings. The van der Waals surface area contributed by atoms with E-state index in [4.69, 9.17) is 0 Å². The van der Waals surface area contributed by atoms with Gasteiger partial charge in [-0.05, 0) is 31.0 Å². The van der Waals surface area contributed by atoms with Gasteiger partial charge in [0.05, 0.1) is 0 Å². The van der Waals surface area contributed by atoms with Crippen molar-refractivity contribution in [3.8, 4) is 0 Å². The summed E-state index contributed by atoms with van der Waals surface area (Å²) in [6.45, 7) is 4.31. The summed E-state index contributed by atoms with van der Waals surface area (Å²) in [7, 11) is 0. The Labute approximate surface area is 123 Å². The van der Waals surface area contributed by atoms with Crippen LogP contribution in [0.5, 0.6) is 0 Å². The van der Waals surface area contributed by atoms with Crippen molar-refractivity contribution in [2.45, 2.75) is 32.9 Å². The molecule has 1 atom stereocenters. The van der Waals surface area contributed by atoms with Crippen LogP contribution in [0.15, 0.2) is 30.3 Å². The number of aliphatic carboxylic acids is 1. The molecule has 2 heterocycles. The maximum atomic E-state index is 11.6. The van der Waals surface area contributed by atoms with Gasteiger partial charge in [0.15, 0.2) is 0 Å². The molecule has 5 heteroatoms. The van der Waals surface area contributed by atoms with Gasteiger partial charge in [-0.3, -0.25) is 0 Å². The second-order valence-corrected chi connectivity index (χ2v) is 5.41. The second kappa shape index (κ2) is 5.16. The molecule has 1 aliphatic heterocycles. The number of aromatic nitrogens is 2. The van der Waals surface area contributed by atoms with E-state index in [0.717, 1.165) is 22.5 Å². The van der Waals surface area contributed by atoms with Gasteiger partial charge in [0.25, 0.3) is 0 Å². The number of aryl methyl sites for hydroxylation is 2. The molecule has 0 saturated heterocycles. The zero-order chi connectivity index (χ0) is 15.0. The average molecular weight is 283 g/mol. The third-order valence-electron chi connectivity index (χ3n) is 3.76. The lowest BCUT2D eigenvalue weighted by atomic mass is 9.94. The zero-order valence-electron chi connectivity index (χ0n) is 12.1. The molecule has 108 valence electrons. The molecule has 2 aromatic rings. The van der Waals surface area contributed by atoms with Gasteiger partial charge >= 0.3 is 5.97 Å². The standard InChI is InChI=1S/C16H17N3O2/c1-10-7-11(2)18-16(17-10)19-9-13-6-4-3-5-12(13)8-14(19)15(20)21/h3-7,14H,8-9H2,1-2H3,(H,20,21). The molecule has 1 aromatic heterocycles. The first kappa shape index (κ1) is 13.5. The highest BCUT2D eigenvalue weighted by Crippen LogP contribution is 2.26. The molecule has 0 spiro atoms. The molecule has 0 amide bonds. The third kappa shape index (κ3) is 2.59. The van der Waals surface area contributed by atoms with Crippen LogP contribution in [0.25, 0.3) is 0 Å². The van der Waals surface area contributed by atoms with Gasteiger partial charge in [-0.1, -0.05) is 24.3 Å². The fourth-order valence-corrected chi connectivity index (χ4v) is 2.79. The molecule has 5 nitrogen and oxygen atoms in total. The lowest BCUT2D eigenvalue weighted by molar-refractivity contribution is -0.138. The number of benzene rings is 1. The molecule has 3 rings (SSSR count). The highest BCUT2D eigenvalue weighted by Gasteiger charge is 2.33. The van der Waals surface area contributed by atoms with Gasteiger partial charge in [-0.25, -0.2) is 14.8 Å². The summed E-state index contributed by atoms with van der Waals surface area (Å²) < 4.78 is 0. The first-order valence-electron chi connectivity index (χ1n) is 6.93. The molecule has 0 bridgehead atoms. The molecule has 0 aliphatic carbocycles. The van der Waals surface area contributed by atoms with Gasteiger partial charge in [-0.15, -0.1) is 0 Å². The fraction of sp³-hybridized carbons (Fsp3) is 0.312. The third-order valence-corrected chi connectivity index (χ3v) is 3.76. The number of carboxylic acid groups (broad SMARTS) is 1. The van der Waals surface area contributed by atoms with Gasteiger partial charge in [0.1, 0.15) is 6.04 Å². The Morgan fingerprint density at radius 1 is 1.19 bits per heavy atom. The summed E-state index contributed by atoms with van der Waals surface area (Å²) in [5.74, 6) is -0.346. The number of anilines is 1. The highest BCUT2D eigenvalue weighted by atomic mass is 16.4. The van der Waals surface area contributed by atoms with Crippen LogP contribution >= 0.6 is 0 Å². The largest absolute Gasteiger partial charge is 0.480 e. The van der Waals surface area contributed by atoms with Gasteiger partial charge in [0, 0.05) is 24.4 Å². The maximum Gasteiger partial charge on any atom is 0.326 e. The number of rotatable bonds is 2. The lowest BCUT2D eigenvalue weighted by Gasteiger charge is -2.34. The number of fused-ring (bicyclic) bond motifs is 1. The minimum Gasteiger partial charge on any atom is -0.480 e. The summed E-state index contributed by atoms with van der Waals surface area (Å²) in [6.07, 6.45) is 0.474. The van der Waals surface area contributed by atoms with Gasteiger partial charge < -0.3 is 10.0 Å². The summed E-state index contributed by atoms with van der Waals surface area (Å²) in [4.78, 5) is 22.2. The van der Waals surface area contributed by atoms with E-state index in [1.54, 1.807) is 4.90 Å². The van der Waals surface area contributed by atoms with Crippen molar-refractivity contribution in [2.75, 3.05) is 4.90 Å². The van der Waals surface area contributed by atoms with E-state index in [9.17, 15) is 9.90 Å². The molecule has 0 radical (unpaired) electrons. The molecule has 0 saturated carbocycles. The predicted octanol–water partition coefficient (Wildman–Crippen LogP) is 2.11. The smallest absolute Gasteiger partial charge is 0.326 e. The fourth-order valence-electron chi connectivity index (χ4n) is 2.79. The van der Waals surface area contributed by atoms with E-state index >= 15 is 0 Å². The topological polar surface area (TPSA) is 66.3 Å². The number of hydrogen-bond donors (Lipinski definition) is 1. The second-order valence-electron chi connectivity index (χ2n) is 5.41.